The molecule has 0 aliphatic heterocycles. The molecule has 0 heterocycles. The first-order chi connectivity index (χ1) is 9.16. The van der Waals surface area contributed by atoms with Crippen molar-refractivity contribution >= 4 is 22.8 Å². The van der Waals surface area contributed by atoms with Gasteiger partial charge in [0.15, 0.2) is 5.12 Å². The second-order valence-corrected chi connectivity index (χ2v) is 6.05. The van der Waals surface area contributed by atoms with Crippen LogP contribution in [0.25, 0.3) is 0 Å². The molecule has 0 aromatic heterocycles. The molecule has 0 aromatic rings. The lowest BCUT2D eigenvalue weighted by molar-refractivity contribution is -0.137. The van der Waals surface area contributed by atoms with E-state index in [4.69, 9.17) is 5.11 Å². The van der Waals surface area contributed by atoms with Crippen LogP contribution < -0.4 is 0 Å². The van der Waals surface area contributed by atoms with Crippen molar-refractivity contribution in [1.29, 1.82) is 0 Å². The molecule has 4 heteroatoms. The molecule has 0 spiro atoms. The number of hydrogen-bond acceptors (Lipinski definition) is 3. The average molecular weight is 288 g/mol. The SMILES string of the molecule is CCC(=O)SCCCCCCCCCCCC(=O)O. The standard InChI is InChI=1S/C15H28O3S/c1-2-15(18)19-13-11-9-7-5-3-4-6-8-10-12-14(16)17/h2-13H2,1H3,(H,16,17). The molecule has 112 valence electrons. The van der Waals surface area contributed by atoms with Gasteiger partial charge in [-0.1, -0.05) is 63.6 Å². The van der Waals surface area contributed by atoms with Gasteiger partial charge in [0.2, 0.25) is 0 Å². The van der Waals surface area contributed by atoms with Crippen LogP contribution in [0.2, 0.25) is 0 Å². The highest BCUT2D eigenvalue weighted by Crippen LogP contribution is 2.13. The molecule has 0 aliphatic rings. The van der Waals surface area contributed by atoms with E-state index >= 15 is 0 Å². The number of thioether (sulfide) groups is 1. The van der Waals surface area contributed by atoms with Gasteiger partial charge in [0.05, 0.1) is 0 Å². The molecule has 0 saturated carbocycles. The molecule has 0 rings (SSSR count). The van der Waals surface area contributed by atoms with E-state index in [9.17, 15) is 9.59 Å². The third kappa shape index (κ3) is 15.4. The molecule has 0 bridgehead atoms. The zero-order valence-electron chi connectivity index (χ0n) is 12.2. The summed E-state index contributed by atoms with van der Waals surface area (Å²) >= 11 is 1.47. The van der Waals surface area contributed by atoms with Gasteiger partial charge in [-0.2, -0.15) is 0 Å². The first-order valence-electron chi connectivity index (χ1n) is 7.54. The minimum absolute atomic E-state index is 0.307. The summed E-state index contributed by atoms with van der Waals surface area (Å²) < 4.78 is 0. The van der Waals surface area contributed by atoms with E-state index in [0.717, 1.165) is 31.4 Å². The predicted molar refractivity (Wildman–Crippen MR) is 81.6 cm³/mol. The summed E-state index contributed by atoms with van der Waals surface area (Å²) in [5, 5.41) is 8.79. The lowest BCUT2D eigenvalue weighted by Crippen LogP contribution is -1.93. The highest BCUT2D eigenvalue weighted by atomic mass is 32.2. The maximum Gasteiger partial charge on any atom is 0.303 e. The minimum Gasteiger partial charge on any atom is -0.481 e. The summed E-state index contributed by atoms with van der Waals surface area (Å²) in [6, 6.07) is 0. The number of rotatable bonds is 13. The smallest absolute Gasteiger partial charge is 0.303 e. The van der Waals surface area contributed by atoms with Gasteiger partial charge >= 0.3 is 5.97 Å². The van der Waals surface area contributed by atoms with Crippen molar-refractivity contribution in [3.63, 3.8) is 0 Å². The highest BCUT2D eigenvalue weighted by molar-refractivity contribution is 8.13. The summed E-state index contributed by atoms with van der Waals surface area (Å²) in [5.41, 5.74) is 0. The van der Waals surface area contributed by atoms with Crippen molar-refractivity contribution in [2.75, 3.05) is 5.75 Å². The monoisotopic (exact) mass is 288 g/mol. The van der Waals surface area contributed by atoms with Crippen LogP contribution in [0.4, 0.5) is 0 Å². The molecule has 0 atom stereocenters. The Morgan fingerprint density at radius 2 is 1.32 bits per heavy atom. The Bertz CT molecular complexity index is 242. The highest BCUT2D eigenvalue weighted by Gasteiger charge is 1.99. The van der Waals surface area contributed by atoms with E-state index in [1.54, 1.807) is 0 Å². The Hall–Kier alpha value is -0.510. The molecule has 0 aliphatic carbocycles. The summed E-state index contributed by atoms with van der Waals surface area (Å²) in [4.78, 5) is 21.3. The van der Waals surface area contributed by atoms with E-state index in [1.807, 2.05) is 6.92 Å². The maximum atomic E-state index is 11.0. The predicted octanol–water partition coefficient (Wildman–Crippen LogP) is 4.64. The third-order valence-electron chi connectivity index (χ3n) is 3.09. The van der Waals surface area contributed by atoms with Crippen LogP contribution in [-0.2, 0) is 9.59 Å². The molecule has 0 aromatic carbocycles. The molecular weight excluding hydrogens is 260 g/mol. The van der Waals surface area contributed by atoms with E-state index < -0.39 is 5.97 Å². The molecule has 0 saturated heterocycles. The van der Waals surface area contributed by atoms with Crippen LogP contribution in [0.15, 0.2) is 0 Å². The van der Waals surface area contributed by atoms with Gasteiger partial charge in [-0.05, 0) is 12.8 Å². The second kappa shape index (κ2) is 13.9. The van der Waals surface area contributed by atoms with Crippen LogP contribution >= 0.6 is 11.8 Å². The van der Waals surface area contributed by atoms with Crippen LogP contribution in [0.1, 0.15) is 77.6 Å². The molecule has 19 heavy (non-hydrogen) atoms. The van der Waals surface area contributed by atoms with Gasteiger partial charge in [-0.15, -0.1) is 0 Å². The lowest BCUT2D eigenvalue weighted by atomic mass is 10.1. The van der Waals surface area contributed by atoms with E-state index in [0.29, 0.717) is 18.0 Å². The average Bonchev–Trinajstić information content (AvgIpc) is 2.39. The molecule has 0 radical (unpaired) electrons. The van der Waals surface area contributed by atoms with Crippen molar-refractivity contribution in [2.24, 2.45) is 0 Å². The number of carbonyl (C=O) groups excluding carboxylic acids is 1. The van der Waals surface area contributed by atoms with Crippen molar-refractivity contribution in [1.82, 2.24) is 0 Å². The molecule has 0 unspecified atom stereocenters. The van der Waals surface area contributed by atoms with Crippen molar-refractivity contribution in [3.8, 4) is 0 Å². The summed E-state index contributed by atoms with van der Waals surface area (Å²) in [5.74, 6) is 0.293. The maximum absolute atomic E-state index is 11.0. The molecule has 0 fully saturated rings. The number of hydrogen-bond donors (Lipinski definition) is 1. The Morgan fingerprint density at radius 1 is 0.842 bits per heavy atom. The summed E-state index contributed by atoms with van der Waals surface area (Å²) in [6.07, 6.45) is 11.4. The number of carbonyl (C=O) groups is 2. The Morgan fingerprint density at radius 3 is 1.79 bits per heavy atom. The summed E-state index contributed by atoms with van der Waals surface area (Å²) in [7, 11) is 0. The number of unbranched alkanes of at least 4 members (excludes halogenated alkanes) is 8. The van der Waals surface area contributed by atoms with E-state index in [2.05, 4.69) is 0 Å². The fraction of sp³-hybridized carbons (Fsp3) is 0.867. The molecule has 3 nitrogen and oxygen atoms in total. The van der Waals surface area contributed by atoms with Gasteiger partial charge in [0.25, 0.3) is 0 Å². The Kier molecular flexibility index (Phi) is 13.5. The van der Waals surface area contributed by atoms with E-state index in [1.165, 1.54) is 43.9 Å². The second-order valence-electron chi connectivity index (χ2n) is 4.90. The first kappa shape index (κ1) is 18.5. The van der Waals surface area contributed by atoms with Gasteiger partial charge in [0, 0.05) is 18.6 Å². The van der Waals surface area contributed by atoms with Crippen molar-refractivity contribution in [2.45, 2.75) is 77.6 Å². The van der Waals surface area contributed by atoms with E-state index in [-0.39, 0.29) is 0 Å². The van der Waals surface area contributed by atoms with Gasteiger partial charge in [-0.25, -0.2) is 0 Å². The molecule has 1 N–H and O–H groups in total. The summed E-state index contributed by atoms with van der Waals surface area (Å²) in [6.45, 7) is 1.91. The largest absolute Gasteiger partial charge is 0.481 e. The van der Waals surface area contributed by atoms with Crippen molar-refractivity contribution in [3.05, 3.63) is 0 Å². The van der Waals surface area contributed by atoms with Crippen LogP contribution in [0, 0.1) is 0 Å². The normalized spacial score (nSPS) is 10.6. The first-order valence-corrected chi connectivity index (χ1v) is 8.52. The number of carboxylic acid groups (broad SMARTS) is 1. The quantitative estimate of drug-likeness (QED) is 0.501. The number of carboxylic acids is 1. The topological polar surface area (TPSA) is 54.4 Å². The fourth-order valence-corrected chi connectivity index (χ4v) is 2.68. The minimum atomic E-state index is -0.681. The van der Waals surface area contributed by atoms with Gasteiger partial charge < -0.3 is 5.11 Å². The molecular formula is C15H28O3S. The lowest BCUT2D eigenvalue weighted by Gasteiger charge is -2.02. The van der Waals surface area contributed by atoms with Gasteiger partial charge in [0.1, 0.15) is 0 Å². The zero-order chi connectivity index (χ0) is 14.3. The van der Waals surface area contributed by atoms with Crippen molar-refractivity contribution < 1.29 is 14.7 Å². The zero-order valence-corrected chi connectivity index (χ0v) is 13.0. The van der Waals surface area contributed by atoms with Gasteiger partial charge in [-0.3, -0.25) is 9.59 Å². The Labute approximate surface area is 121 Å². The number of aliphatic carboxylic acids is 1. The fourth-order valence-electron chi connectivity index (χ4n) is 1.90. The van der Waals surface area contributed by atoms with Crippen LogP contribution in [0.3, 0.4) is 0 Å². The van der Waals surface area contributed by atoms with Crippen LogP contribution in [-0.4, -0.2) is 21.9 Å². The molecule has 0 amide bonds. The van der Waals surface area contributed by atoms with Crippen LogP contribution in [0.5, 0.6) is 0 Å². The Balaban J connectivity index is 3.03. The third-order valence-corrected chi connectivity index (χ3v) is 4.19.